The van der Waals surface area contributed by atoms with E-state index in [0.29, 0.717) is 11.1 Å². The molecule has 1 heterocycles. The molecular formula is C24H19F2NO3S. The highest BCUT2D eigenvalue weighted by Gasteiger charge is 2.37. The summed E-state index contributed by atoms with van der Waals surface area (Å²) in [6.07, 6.45) is 1.14. The summed E-state index contributed by atoms with van der Waals surface area (Å²) in [5, 5.41) is 0. The van der Waals surface area contributed by atoms with Gasteiger partial charge in [-0.2, -0.15) is 0 Å². The van der Waals surface area contributed by atoms with Crippen LogP contribution in [0, 0.1) is 32.4 Å². The van der Waals surface area contributed by atoms with Crippen LogP contribution in [0.1, 0.15) is 27.0 Å². The highest BCUT2D eigenvalue weighted by molar-refractivity contribution is 7.96. The molecule has 0 amide bonds. The molecule has 3 aromatic rings. The number of Topliss-reactive ketones (excluding diaryl/α,β-unsaturated/α-hetero) is 1. The van der Waals surface area contributed by atoms with Crippen molar-refractivity contribution in [2.75, 3.05) is 4.90 Å². The summed E-state index contributed by atoms with van der Waals surface area (Å²) < 4.78 is 54.8. The highest BCUT2D eigenvalue weighted by atomic mass is 32.2. The van der Waals surface area contributed by atoms with E-state index >= 15 is 0 Å². The third kappa shape index (κ3) is 3.55. The number of hydrogen-bond acceptors (Lipinski definition) is 4. The van der Waals surface area contributed by atoms with E-state index in [9.17, 15) is 22.0 Å². The summed E-state index contributed by atoms with van der Waals surface area (Å²) in [7, 11) is -4.22. The second kappa shape index (κ2) is 7.42. The van der Waals surface area contributed by atoms with Gasteiger partial charge in [-0.25, -0.2) is 17.2 Å². The SMILES string of the molecule is Cc1ccc(C(=O)C2=CN(c3ccc(C)c(F)c3)c3cc(F)ccc3S2(=O)=O)c(C)c1. The van der Waals surface area contributed by atoms with Gasteiger partial charge in [-0.15, -0.1) is 0 Å². The molecule has 31 heavy (non-hydrogen) atoms. The fraction of sp³-hybridized carbons (Fsp3) is 0.125. The number of benzene rings is 3. The van der Waals surface area contributed by atoms with Crippen molar-refractivity contribution in [1.82, 2.24) is 0 Å². The van der Waals surface area contributed by atoms with Crippen LogP contribution in [0.25, 0.3) is 0 Å². The van der Waals surface area contributed by atoms with E-state index in [4.69, 9.17) is 0 Å². The number of sulfone groups is 1. The number of halogens is 2. The van der Waals surface area contributed by atoms with Crippen LogP contribution >= 0.6 is 0 Å². The van der Waals surface area contributed by atoms with E-state index in [-0.39, 0.29) is 21.8 Å². The lowest BCUT2D eigenvalue weighted by Gasteiger charge is -2.29. The molecule has 7 heteroatoms. The second-order valence-electron chi connectivity index (χ2n) is 7.56. The summed E-state index contributed by atoms with van der Waals surface area (Å²) in [5.74, 6) is -1.83. The highest BCUT2D eigenvalue weighted by Crippen LogP contribution is 2.41. The minimum Gasteiger partial charge on any atom is -0.314 e. The Morgan fingerprint density at radius 1 is 0.871 bits per heavy atom. The molecule has 0 aromatic heterocycles. The van der Waals surface area contributed by atoms with Crippen LogP contribution in [-0.2, 0) is 9.84 Å². The van der Waals surface area contributed by atoms with Crippen molar-refractivity contribution in [3.63, 3.8) is 0 Å². The molecule has 4 nitrogen and oxygen atoms in total. The van der Waals surface area contributed by atoms with Crippen molar-refractivity contribution in [3.8, 4) is 0 Å². The molecule has 158 valence electrons. The third-order valence-electron chi connectivity index (χ3n) is 5.29. The number of ketones is 1. The van der Waals surface area contributed by atoms with Gasteiger partial charge in [0.25, 0.3) is 0 Å². The molecule has 0 radical (unpaired) electrons. The molecule has 4 rings (SSSR count). The summed E-state index contributed by atoms with van der Waals surface area (Å²) in [6, 6.07) is 12.6. The van der Waals surface area contributed by atoms with Gasteiger partial charge < -0.3 is 4.90 Å². The lowest BCUT2D eigenvalue weighted by Crippen LogP contribution is -2.26. The van der Waals surface area contributed by atoms with Crippen molar-refractivity contribution in [1.29, 1.82) is 0 Å². The van der Waals surface area contributed by atoms with Crippen LogP contribution in [0.3, 0.4) is 0 Å². The molecule has 0 aliphatic carbocycles. The zero-order chi connectivity index (χ0) is 22.5. The third-order valence-corrected chi connectivity index (χ3v) is 7.08. The molecule has 0 unspecified atom stereocenters. The topological polar surface area (TPSA) is 54.5 Å². The van der Waals surface area contributed by atoms with Gasteiger partial charge >= 0.3 is 0 Å². The lowest BCUT2D eigenvalue weighted by atomic mass is 10.0. The van der Waals surface area contributed by atoms with Crippen molar-refractivity contribution in [2.24, 2.45) is 0 Å². The first-order valence-corrected chi connectivity index (χ1v) is 11.0. The van der Waals surface area contributed by atoms with Crippen molar-refractivity contribution < 1.29 is 22.0 Å². The van der Waals surface area contributed by atoms with Crippen molar-refractivity contribution in [2.45, 2.75) is 25.7 Å². The first-order valence-electron chi connectivity index (χ1n) is 9.53. The Bertz CT molecular complexity index is 1380. The fourth-order valence-electron chi connectivity index (χ4n) is 3.61. The van der Waals surface area contributed by atoms with Crippen LogP contribution < -0.4 is 4.90 Å². The number of rotatable bonds is 3. The molecule has 0 bridgehead atoms. The second-order valence-corrected chi connectivity index (χ2v) is 9.45. The Morgan fingerprint density at radius 3 is 2.29 bits per heavy atom. The van der Waals surface area contributed by atoms with Crippen LogP contribution in [0.5, 0.6) is 0 Å². The Hall–Kier alpha value is -3.32. The Morgan fingerprint density at radius 2 is 1.61 bits per heavy atom. The molecule has 0 fully saturated rings. The number of aryl methyl sites for hydroxylation is 3. The molecule has 0 saturated carbocycles. The molecule has 0 atom stereocenters. The normalized spacial score (nSPS) is 14.7. The predicted molar refractivity (Wildman–Crippen MR) is 115 cm³/mol. The molecule has 0 N–H and O–H groups in total. The maximum absolute atomic E-state index is 14.2. The molecule has 1 aliphatic heterocycles. The van der Waals surface area contributed by atoms with Crippen LogP contribution in [0.4, 0.5) is 20.2 Å². The predicted octanol–water partition coefficient (Wildman–Crippen LogP) is 5.54. The number of carbonyl (C=O) groups is 1. The minimum atomic E-state index is -4.22. The van der Waals surface area contributed by atoms with Gasteiger partial charge in [0.1, 0.15) is 16.5 Å². The maximum atomic E-state index is 14.2. The van der Waals surface area contributed by atoms with Gasteiger partial charge in [0.05, 0.1) is 10.6 Å². The quantitative estimate of drug-likeness (QED) is 0.397. The summed E-state index contributed by atoms with van der Waals surface area (Å²) in [4.78, 5) is 14.0. The van der Waals surface area contributed by atoms with Gasteiger partial charge in [0.2, 0.25) is 15.6 Å². The van der Waals surface area contributed by atoms with Crippen LogP contribution in [0.15, 0.2) is 70.6 Å². The number of allylic oxidation sites excluding steroid dienone is 1. The van der Waals surface area contributed by atoms with Crippen LogP contribution in [-0.4, -0.2) is 14.2 Å². The number of hydrogen-bond donors (Lipinski definition) is 0. The zero-order valence-electron chi connectivity index (χ0n) is 17.1. The fourth-order valence-corrected chi connectivity index (χ4v) is 5.12. The zero-order valence-corrected chi connectivity index (χ0v) is 17.9. The van der Waals surface area contributed by atoms with Crippen molar-refractivity contribution >= 4 is 27.0 Å². The van der Waals surface area contributed by atoms with Gasteiger partial charge in [-0.1, -0.05) is 29.8 Å². The van der Waals surface area contributed by atoms with Crippen LogP contribution in [0.2, 0.25) is 0 Å². The number of nitrogens with zero attached hydrogens (tertiary/aromatic N) is 1. The molecule has 1 aliphatic rings. The average molecular weight is 439 g/mol. The van der Waals surface area contributed by atoms with E-state index < -0.39 is 32.2 Å². The molecular weight excluding hydrogens is 420 g/mol. The lowest BCUT2D eigenvalue weighted by molar-refractivity contribution is 0.104. The largest absolute Gasteiger partial charge is 0.314 e. The van der Waals surface area contributed by atoms with E-state index in [1.54, 1.807) is 38.1 Å². The maximum Gasteiger partial charge on any atom is 0.214 e. The first kappa shape index (κ1) is 20.9. The van der Waals surface area contributed by atoms with E-state index in [0.717, 1.165) is 30.0 Å². The monoisotopic (exact) mass is 439 g/mol. The Labute approximate surface area is 179 Å². The van der Waals surface area contributed by atoms with Gasteiger partial charge in [-0.05, 0) is 62.2 Å². The average Bonchev–Trinajstić information content (AvgIpc) is 2.69. The smallest absolute Gasteiger partial charge is 0.214 e. The van der Waals surface area contributed by atoms with E-state index in [1.807, 2.05) is 6.92 Å². The molecule has 0 spiro atoms. The summed E-state index contributed by atoms with van der Waals surface area (Å²) in [6.45, 7) is 5.20. The molecule has 0 saturated heterocycles. The van der Waals surface area contributed by atoms with E-state index in [1.165, 1.54) is 17.0 Å². The van der Waals surface area contributed by atoms with Gasteiger partial charge in [0, 0.05) is 17.5 Å². The standard InChI is InChI=1S/C24H19F2NO3S/c1-14-4-8-19(16(3)10-14)24(28)23-13-27(18-7-5-15(2)20(26)12-18)21-11-17(25)6-9-22(21)31(23,29)30/h4-13H,1-3H3. The first-order chi connectivity index (χ1) is 14.6. The number of carbonyl (C=O) groups excluding carboxylic acids is 1. The van der Waals surface area contributed by atoms with Gasteiger partial charge in [-0.3, -0.25) is 4.79 Å². The summed E-state index contributed by atoms with van der Waals surface area (Å²) in [5.41, 5.74) is 2.52. The minimum absolute atomic E-state index is 0.0143. The Kier molecular flexibility index (Phi) is 5.01. The number of anilines is 2. The summed E-state index contributed by atoms with van der Waals surface area (Å²) >= 11 is 0. The molecule has 3 aromatic carbocycles. The van der Waals surface area contributed by atoms with Gasteiger partial charge in [0.15, 0.2) is 0 Å². The number of fused-ring (bicyclic) bond motifs is 1. The van der Waals surface area contributed by atoms with Crippen molar-refractivity contribution in [3.05, 3.63) is 99.6 Å². The Balaban J connectivity index is 1.96. The van der Waals surface area contributed by atoms with E-state index in [2.05, 4.69) is 0 Å².